The average molecular weight is 266 g/mol. The molecule has 0 aliphatic rings. The Balaban J connectivity index is 2.70. The van der Waals surface area contributed by atoms with Crippen molar-refractivity contribution in [3.63, 3.8) is 0 Å². The van der Waals surface area contributed by atoms with E-state index in [1.54, 1.807) is 19.1 Å². The summed E-state index contributed by atoms with van der Waals surface area (Å²) in [7, 11) is 0. The summed E-state index contributed by atoms with van der Waals surface area (Å²) >= 11 is 9.15. The Morgan fingerprint density at radius 3 is 2.92 bits per heavy atom. The van der Waals surface area contributed by atoms with E-state index in [0.29, 0.717) is 10.8 Å². The van der Waals surface area contributed by atoms with Gasteiger partial charge in [-0.15, -0.1) is 0 Å². The molecule has 0 fully saturated rings. The van der Waals surface area contributed by atoms with Gasteiger partial charge in [-0.1, -0.05) is 27.5 Å². The molecule has 1 aromatic carbocycles. The minimum atomic E-state index is -0.491. The Labute approximate surface area is 90.6 Å². The zero-order chi connectivity index (χ0) is 9.84. The number of hydrogen-bond acceptors (Lipinski definition) is 2. The molecular weight excluding hydrogens is 255 g/mol. The normalized spacial score (nSPS) is 12.6. The van der Waals surface area contributed by atoms with Gasteiger partial charge in [-0.05, 0) is 25.1 Å². The highest BCUT2D eigenvalue weighted by Gasteiger charge is 2.03. The zero-order valence-corrected chi connectivity index (χ0v) is 9.47. The molecule has 1 aromatic rings. The van der Waals surface area contributed by atoms with E-state index in [1.165, 1.54) is 0 Å². The van der Waals surface area contributed by atoms with Crippen LogP contribution in [0.4, 0.5) is 0 Å². The maximum Gasteiger partial charge on any atom is 0.139 e. The number of ether oxygens (including phenoxy) is 1. The van der Waals surface area contributed by atoms with Crippen LogP contribution in [0.1, 0.15) is 6.92 Å². The molecule has 4 heteroatoms. The van der Waals surface area contributed by atoms with Crippen LogP contribution in [0, 0.1) is 0 Å². The maximum absolute atomic E-state index is 8.99. The van der Waals surface area contributed by atoms with Gasteiger partial charge in [-0.25, -0.2) is 0 Å². The number of aliphatic hydroxyl groups excluding tert-OH is 1. The largest absolute Gasteiger partial charge is 0.489 e. The van der Waals surface area contributed by atoms with Gasteiger partial charge in [-0.3, -0.25) is 0 Å². The van der Waals surface area contributed by atoms with Gasteiger partial charge in [0.1, 0.15) is 12.4 Å². The predicted octanol–water partition coefficient (Wildman–Crippen LogP) is 2.86. The second-order valence-corrected chi connectivity index (χ2v) is 4.06. The highest BCUT2D eigenvalue weighted by molar-refractivity contribution is 9.10. The first-order valence-corrected chi connectivity index (χ1v) is 5.02. The lowest BCUT2D eigenvalue weighted by Crippen LogP contribution is -2.12. The van der Waals surface area contributed by atoms with Crippen molar-refractivity contribution >= 4 is 27.5 Å². The second kappa shape index (κ2) is 4.84. The van der Waals surface area contributed by atoms with Crippen LogP contribution in [0.3, 0.4) is 0 Å². The Hall–Kier alpha value is -0.250. The van der Waals surface area contributed by atoms with Crippen molar-refractivity contribution in [1.29, 1.82) is 0 Å². The van der Waals surface area contributed by atoms with E-state index in [9.17, 15) is 0 Å². The molecule has 2 nitrogen and oxygen atoms in total. The second-order valence-electron chi connectivity index (χ2n) is 2.73. The average Bonchev–Trinajstić information content (AvgIpc) is 2.06. The van der Waals surface area contributed by atoms with Crippen LogP contribution in [-0.4, -0.2) is 17.8 Å². The van der Waals surface area contributed by atoms with Crippen molar-refractivity contribution in [2.75, 3.05) is 6.61 Å². The van der Waals surface area contributed by atoms with Gasteiger partial charge in [0, 0.05) is 4.47 Å². The quantitative estimate of drug-likeness (QED) is 0.911. The number of rotatable bonds is 3. The Morgan fingerprint density at radius 1 is 1.62 bits per heavy atom. The van der Waals surface area contributed by atoms with Crippen LogP contribution >= 0.6 is 27.5 Å². The molecule has 0 aromatic heterocycles. The molecule has 0 radical (unpaired) electrons. The predicted molar refractivity (Wildman–Crippen MR) is 56.3 cm³/mol. The van der Waals surface area contributed by atoms with E-state index in [0.717, 1.165) is 4.47 Å². The Morgan fingerprint density at radius 2 is 2.31 bits per heavy atom. The smallest absolute Gasteiger partial charge is 0.139 e. The van der Waals surface area contributed by atoms with E-state index >= 15 is 0 Å². The van der Waals surface area contributed by atoms with E-state index < -0.39 is 6.10 Å². The number of halogens is 2. The fourth-order valence-electron chi connectivity index (χ4n) is 0.798. The summed E-state index contributed by atoms with van der Waals surface area (Å²) in [5.74, 6) is 0.581. The summed E-state index contributed by atoms with van der Waals surface area (Å²) in [6, 6.07) is 5.34. The molecule has 0 amide bonds. The van der Waals surface area contributed by atoms with Crippen LogP contribution in [-0.2, 0) is 0 Å². The number of benzene rings is 1. The van der Waals surface area contributed by atoms with Gasteiger partial charge in [0.05, 0.1) is 11.1 Å². The molecule has 0 saturated heterocycles. The molecule has 0 heterocycles. The Bertz CT molecular complexity index is 289. The van der Waals surface area contributed by atoms with E-state index in [-0.39, 0.29) is 6.61 Å². The molecule has 1 rings (SSSR count). The van der Waals surface area contributed by atoms with Gasteiger partial charge >= 0.3 is 0 Å². The minimum absolute atomic E-state index is 0.246. The van der Waals surface area contributed by atoms with Crippen molar-refractivity contribution in [1.82, 2.24) is 0 Å². The standard InChI is InChI=1S/C9H10BrClO2/c1-6(12)5-13-9-4-7(10)2-3-8(9)11/h2-4,6,12H,5H2,1H3/t6-/m1/s1. The fourth-order valence-corrected chi connectivity index (χ4v) is 1.31. The number of hydrogen-bond donors (Lipinski definition) is 1. The molecule has 0 aliphatic heterocycles. The van der Waals surface area contributed by atoms with Crippen LogP contribution < -0.4 is 4.74 Å². The summed E-state index contributed by atoms with van der Waals surface area (Å²) in [6.45, 7) is 1.90. The first kappa shape index (κ1) is 10.8. The van der Waals surface area contributed by atoms with E-state index in [1.807, 2.05) is 6.07 Å². The SMILES string of the molecule is C[C@@H](O)COc1cc(Br)ccc1Cl. The monoisotopic (exact) mass is 264 g/mol. The maximum atomic E-state index is 8.99. The molecule has 13 heavy (non-hydrogen) atoms. The Kier molecular flexibility index (Phi) is 4.03. The number of aliphatic hydroxyl groups is 1. The van der Waals surface area contributed by atoms with Gasteiger partial charge in [0.2, 0.25) is 0 Å². The molecule has 1 N–H and O–H groups in total. The van der Waals surface area contributed by atoms with Gasteiger partial charge in [0.15, 0.2) is 0 Å². The molecule has 0 bridgehead atoms. The van der Waals surface area contributed by atoms with E-state index in [2.05, 4.69) is 15.9 Å². The van der Waals surface area contributed by atoms with Crippen molar-refractivity contribution in [3.8, 4) is 5.75 Å². The molecule has 0 spiro atoms. The van der Waals surface area contributed by atoms with Crippen LogP contribution in [0.2, 0.25) is 5.02 Å². The zero-order valence-electron chi connectivity index (χ0n) is 7.13. The summed E-state index contributed by atoms with van der Waals surface area (Å²) in [6.07, 6.45) is -0.491. The molecule has 0 saturated carbocycles. The van der Waals surface area contributed by atoms with Crippen LogP contribution in [0.25, 0.3) is 0 Å². The molecular formula is C9H10BrClO2. The summed E-state index contributed by atoms with van der Waals surface area (Å²) in [5.41, 5.74) is 0. The molecule has 1 atom stereocenters. The van der Waals surface area contributed by atoms with Crippen molar-refractivity contribution < 1.29 is 9.84 Å². The molecule has 0 aliphatic carbocycles. The minimum Gasteiger partial charge on any atom is -0.489 e. The topological polar surface area (TPSA) is 29.5 Å². The lowest BCUT2D eigenvalue weighted by atomic mass is 10.3. The lowest BCUT2D eigenvalue weighted by molar-refractivity contribution is 0.123. The summed E-state index contributed by atoms with van der Waals surface area (Å²) in [5, 5.41) is 9.54. The first-order chi connectivity index (χ1) is 6.09. The third-order valence-corrected chi connectivity index (χ3v) is 2.18. The highest BCUT2D eigenvalue weighted by atomic mass is 79.9. The third-order valence-electron chi connectivity index (χ3n) is 1.37. The van der Waals surface area contributed by atoms with Gasteiger partial charge in [-0.2, -0.15) is 0 Å². The summed E-state index contributed by atoms with van der Waals surface area (Å²) in [4.78, 5) is 0. The van der Waals surface area contributed by atoms with Gasteiger partial charge < -0.3 is 9.84 Å². The van der Waals surface area contributed by atoms with Crippen molar-refractivity contribution in [2.45, 2.75) is 13.0 Å². The van der Waals surface area contributed by atoms with Crippen molar-refractivity contribution in [3.05, 3.63) is 27.7 Å². The molecule has 0 unspecified atom stereocenters. The van der Waals surface area contributed by atoms with E-state index in [4.69, 9.17) is 21.4 Å². The highest BCUT2D eigenvalue weighted by Crippen LogP contribution is 2.27. The van der Waals surface area contributed by atoms with Crippen molar-refractivity contribution in [2.24, 2.45) is 0 Å². The van der Waals surface area contributed by atoms with Crippen LogP contribution in [0.15, 0.2) is 22.7 Å². The fraction of sp³-hybridized carbons (Fsp3) is 0.333. The van der Waals surface area contributed by atoms with Gasteiger partial charge in [0.25, 0.3) is 0 Å². The first-order valence-electron chi connectivity index (χ1n) is 3.85. The lowest BCUT2D eigenvalue weighted by Gasteiger charge is -2.09. The van der Waals surface area contributed by atoms with Crippen LogP contribution in [0.5, 0.6) is 5.75 Å². The third kappa shape index (κ3) is 3.55. The summed E-state index contributed by atoms with van der Waals surface area (Å²) < 4.78 is 6.17. The molecule has 72 valence electrons.